The smallest absolute Gasteiger partial charge is 0.143 e. The number of furan rings is 1. The van der Waals surface area contributed by atoms with E-state index in [0.29, 0.717) is 0 Å². The number of rotatable bonds is 5. The van der Waals surface area contributed by atoms with Crippen LogP contribution in [0.15, 0.2) is 192 Å². The quantitative estimate of drug-likeness (QED) is 0.174. The maximum absolute atomic E-state index is 6.57. The first-order valence-corrected chi connectivity index (χ1v) is 20.8. The number of anilines is 3. The van der Waals surface area contributed by atoms with Gasteiger partial charge in [-0.2, -0.15) is 0 Å². The molecule has 0 fully saturated rings. The standard InChI is InChI=1S/C55H37NOS/c1-55(2)47-20-7-5-14-42(47)44-18-10-21-48(52(44)55)56(38-31-26-36(27-32-38)41-17-9-19-45-43-15-6-8-23-50(43)58-54(41)45)37-29-24-35(25-30-37)39-16-11-22-49-51(39)46-33-28-34-12-3-4-13-40(34)53(46)57-49/h3-33H,1-2H3. The summed E-state index contributed by atoms with van der Waals surface area (Å²) >= 11 is 1.88. The van der Waals surface area contributed by atoms with Crippen LogP contribution in [0.5, 0.6) is 0 Å². The summed E-state index contributed by atoms with van der Waals surface area (Å²) in [4.78, 5) is 2.46. The van der Waals surface area contributed by atoms with Crippen molar-refractivity contribution in [2.75, 3.05) is 4.90 Å². The van der Waals surface area contributed by atoms with Crippen LogP contribution in [0.3, 0.4) is 0 Å². The van der Waals surface area contributed by atoms with Gasteiger partial charge in [0.05, 0.1) is 5.69 Å². The van der Waals surface area contributed by atoms with E-state index in [1.165, 1.54) is 70.2 Å². The molecule has 3 heteroatoms. The average Bonchev–Trinajstić information content (AvgIpc) is 3.93. The molecule has 0 spiro atoms. The number of hydrogen-bond donors (Lipinski definition) is 0. The van der Waals surface area contributed by atoms with Gasteiger partial charge in [0, 0.05) is 53.1 Å². The van der Waals surface area contributed by atoms with Crippen molar-refractivity contribution in [1.82, 2.24) is 0 Å². The lowest BCUT2D eigenvalue weighted by Crippen LogP contribution is -2.20. The second kappa shape index (κ2) is 12.5. The van der Waals surface area contributed by atoms with Crippen molar-refractivity contribution in [1.29, 1.82) is 0 Å². The van der Waals surface area contributed by atoms with E-state index in [1.54, 1.807) is 0 Å². The fourth-order valence-corrected chi connectivity index (χ4v) is 11.0. The molecule has 0 amide bonds. The minimum atomic E-state index is -0.181. The van der Waals surface area contributed by atoms with E-state index in [-0.39, 0.29) is 5.41 Å². The van der Waals surface area contributed by atoms with Gasteiger partial charge in [-0.1, -0.05) is 153 Å². The van der Waals surface area contributed by atoms with E-state index < -0.39 is 0 Å². The van der Waals surface area contributed by atoms with Crippen LogP contribution in [0, 0.1) is 0 Å². The zero-order valence-corrected chi connectivity index (χ0v) is 33.0. The Morgan fingerprint density at radius 1 is 0.466 bits per heavy atom. The highest BCUT2D eigenvalue weighted by Gasteiger charge is 2.38. The molecule has 274 valence electrons. The van der Waals surface area contributed by atoms with E-state index in [4.69, 9.17) is 4.42 Å². The molecule has 11 aromatic rings. The number of fused-ring (bicyclic) bond motifs is 11. The van der Waals surface area contributed by atoms with Gasteiger partial charge in [0.25, 0.3) is 0 Å². The van der Waals surface area contributed by atoms with Crippen molar-refractivity contribution in [3.63, 3.8) is 0 Å². The van der Waals surface area contributed by atoms with Gasteiger partial charge in [0.2, 0.25) is 0 Å². The van der Waals surface area contributed by atoms with Crippen LogP contribution in [-0.4, -0.2) is 0 Å². The molecule has 1 aliphatic carbocycles. The third kappa shape index (κ3) is 4.84. The molecule has 0 atom stereocenters. The lowest BCUT2D eigenvalue weighted by Gasteiger charge is -2.32. The molecule has 0 radical (unpaired) electrons. The normalized spacial score (nSPS) is 13.1. The summed E-state index contributed by atoms with van der Waals surface area (Å²) in [6, 6.07) is 68.8. The van der Waals surface area contributed by atoms with Gasteiger partial charge in [-0.25, -0.2) is 0 Å². The summed E-state index contributed by atoms with van der Waals surface area (Å²) in [6.07, 6.45) is 0. The van der Waals surface area contributed by atoms with Gasteiger partial charge in [0.15, 0.2) is 0 Å². The summed E-state index contributed by atoms with van der Waals surface area (Å²) in [6.45, 7) is 4.74. The Bertz CT molecular complexity index is 3420. The van der Waals surface area contributed by atoms with Crippen LogP contribution >= 0.6 is 11.3 Å². The van der Waals surface area contributed by atoms with E-state index in [1.807, 2.05) is 11.3 Å². The second-order valence-corrected chi connectivity index (χ2v) is 17.1. The predicted octanol–water partition coefficient (Wildman–Crippen LogP) is 16.2. The summed E-state index contributed by atoms with van der Waals surface area (Å²) < 4.78 is 9.22. The predicted molar refractivity (Wildman–Crippen MR) is 247 cm³/mol. The lowest BCUT2D eigenvalue weighted by atomic mass is 9.81. The van der Waals surface area contributed by atoms with E-state index in [0.717, 1.165) is 44.3 Å². The van der Waals surface area contributed by atoms with Crippen molar-refractivity contribution < 1.29 is 4.42 Å². The molecule has 58 heavy (non-hydrogen) atoms. The molecule has 0 aliphatic heterocycles. The van der Waals surface area contributed by atoms with Gasteiger partial charge < -0.3 is 9.32 Å². The maximum Gasteiger partial charge on any atom is 0.143 e. The summed E-state index contributed by atoms with van der Waals surface area (Å²) in [5.74, 6) is 0. The molecular weight excluding hydrogens is 723 g/mol. The summed E-state index contributed by atoms with van der Waals surface area (Å²) in [5.41, 5.74) is 15.2. The number of thiophene rings is 1. The zero-order valence-electron chi connectivity index (χ0n) is 32.2. The highest BCUT2D eigenvalue weighted by atomic mass is 32.1. The molecule has 1 aliphatic rings. The monoisotopic (exact) mass is 759 g/mol. The molecule has 0 unspecified atom stereocenters. The Morgan fingerprint density at radius 3 is 1.91 bits per heavy atom. The summed E-state index contributed by atoms with van der Waals surface area (Å²) in [7, 11) is 0. The Labute approximate surface area is 340 Å². The molecule has 9 aromatic carbocycles. The lowest BCUT2D eigenvalue weighted by molar-refractivity contribution is 0.661. The molecule has 12 rings (SSSR count). The summed E-state index contributed by atoms with van der Waals surface area (Å²) in [5, 5.41) is 7.26. The van der Waals surface area contributed by atoms with E-state index >= 15 is 0 Å². The largest absolute Gasteiger partial charge is 0.455 e. The van der Waals surface area contributed by atoms with Gasteiger partial charge >= 0.3 is 0 Å². The number of hydrogen-bond acceptors (Lipinski definition) is 3. The minimum absolute atomic E-state index is 0.181. The Morgan fingerprint density at radius 2 is 1.09 bits per heavy atom. The van der Waals surface area contributed by atoms with E-state index in [2.05, 4.69) is 207 Å². The van der Waals surface area contributed by atoms with Crippen molar-refractivity contribution in [2.45, 2.75) is 19.3 Å². The molecule has 2 nitrogen and oxygen atoms in total. The zero-order chi connectivity index (χ0) is 38.5. The van der Waals surface area contributed by atoms with Crippen LogP contribution in [-0.2, 0) is 5.41 Å². The molecule has 0 saturated heterocycles. The molecular formula is C55H37NOS. The maximum atomic E-state index is 6.57. The van der Waals surface area contributed by atoms with Crippen molar-refractivity contribution in [3.8, 4) is 33.4 Å². The van der Waals surface area contributed by atoms with Crippen molar-refractivity contribution >= 4 is 81.3 Å². The Balaban J connectivity index is 1.01. The SMILES string of the molecule is CC1(C)c2ccccc2-c2cccc(N(c3ccc(-c4cccc5c4sc4ccccc45)cc3)c3ccc(-c4cccc5oc6c7ccccc7ccc6c45)cc3)c21. The molecule has 0 N–H and O–H groups in total. The van der Waals surface area contributed by atoms with Crippen molar-refractivity contribution in [3.05, 3.63) is 199 Å². The topological polar surface area (TPSA) is 16.4 Å². The second-order valence-electron chi connectivity index (χ2n) is 16.0. The number of benzene rings is 9. The first-order valence-electron chi connectivity index (χ1n) is 20.0. The molecule has 0 saturated carbocycles. The first-order chi connectivity index (χ1) is 28.5. The first kappa shape index (κ1) is 33.2. The van der Waals surface area contributed by atoms with Gasteiger partial charge in [-0.3, -0.25) is 0 Å². The highest BCUT2D eigenvalue weighted by molar-refractivity contribution is 7.26. The minimum Gasteiger partial charge on any atom is -0.455 e. The van der Waals surface area contributed by atoms with E-state index in [9.17, 15) is 0 Å². The van der Waals surface area contributed by atoms with Crippen LogP contribution in [0.25, 0.3) is 86.3 Å². The molecule has 2 aromatic heterocycles. The average molecular weight is 760 g/mol. The van der Waals surface area contributed by atoms with Crippen LogP contribution in [0.1, 0.15) is 25.0 Å². The van der Waals surface area contributed by atoms with Gasteiger partial charge in [-0.05, 0) is 98.4 Å². The van der Waals surface area contributed by atoms with Crippen LogP contribution in [0.2, 0.25) is 0 Å². The number of nitrogens with zero attached hydrogens (tertiary/aromatic N) is 1. The Hall–Kier alpha value is -6.94. The molecule has 0 bridgehead atoms. The fraction of sp³-hybridized carbons (Fsp3) is 0.0545. The third-order valence-electron chi connectivity index (χ3n) is 12.5. The van der Waals surface area contributed by atoms with Crippen LogP contribution < -0.4 is 4.90 Å². The highest BCUT2D eigenvalue weighted by Crippen LogP contribution is 2.54. The van der Waals surface area contributed by atoms with Crippen LogP contribution in [0.4, 0.5) is 17.1 Å². The van der Waals surface area contributed by atoms with Gasteiger partial charge in [-0.15, -0.1) is 11.3 Å². The fourth-order valence-electron chi connectivity index (χ4n) is 9.78. The Kier molecular flexibility index (Phi) is 7.18. The van der Waals surface area contributed by atoms with Crippen molar-refractivity contribution in [2.24, 2.45) is 0 Å². The third-order valence-corrected chi connectivity index (χ3v) is 13.7. The van der Waals surface area contributed by atoms with Gasteiger partial charge in [0.1, 0.15) is 11.2 Å². The molecule has 2 heterocycles.